The van der Waals surface area contributed by atoms with Crippen LogP contribution in [0.15, 0.2) is 36.4 Å². The van der Waals surface area contributed by atoms with Crippen molar-refractivity contribution in [1.29, 1.82) is 0 Å². The highest BCUT2D eigenvalue weighted by Gasteiger charge is 2.54. The number of rotatable bonds is 2. The summed E-state index contributed by atoms with van der Waals surface area (Å²) in [7, 11) is 0. The molecule has 2 aliphatic carbocycles. The van der Waals surface area contributed by atoms with Gasteiger partial charge in [-0.25, -0.2) is 0 Å². The second-order valence-corrected chi connectivity index (χ2v) is 8.60. The minimum absolute atomic E-state index is 0.119. The summed E-state index contributed by atoms with van der Waals surface area (Å²) in [6.07, 6.45) is 3.66. The van der Waals surface area contributed by atoms with Gasteiger partial charge in [0, 0.05) is 27.9 Å². The van der Waals surface area contributed by atoms with Gasteiger partial charge in [-0.1, -0.05) is 29.3 Å². The number of nitro groups is 1. The minimum atomic E-state index is -0.301. The summed E-state index contributed by atoms with van der Waals surface area (Å²) < 4.78 is 0. The normalized spacial score (nSPS) is 31.2. The molecule has 5 rings (SSSR count). The smallest absolute Gasteiger partial charge is 0.269 e. The fourth-order valence-electron chi connectivity index (χ4n) is 5.65. The van der Waals surface area contributed by atoms with E-state index in [2.05, 4.69) is 5.32 Å². The van der Waals surface area contributed by atoms with Gasteiger partial charge in [0.05, 0.1) is 11.0 Å². The van der Waals surface area contributed by atoms with Crippen LogP contribution in [0.2, 0.25) is 10.0 Å². The van der Waals surface area contributed by atoms with E-state index in [0.29, 0.717) is 33.7 Å². The second kappa shape index (κ2) is 5.86. The van der Waals surface area contributed by atoms with Crippen LogP contribution in [0.1, 0.15) is 42.3 Å². The molecule has 5 atom stereocenters. The first kappa shape index (κ1) is 16.4. The van der Waals surface area contributed by atoms with Crippen molar-refractivity contribution in [3.8, 4) is 0 Å². The highest BCUT2D eigenvalue weighted by molar-refractivity contribution is 6.35. The molecule has 0 amide bonds. The zero-order chi connectivity index (χ0) is 18.0. The fourth-order valence-corrected chi connectivity index (χ4v) is 6.18. The van der Waals surface area contributed by atoms with Gasteiger partial charge in [-0.05, 0) is 72.3 Å². The van der Waals surface area contributed by atoms with Crippen LogP contribution in [-0.4, -0.2) is 4.92 Å². The molecule has 2 saturated carbocycles. The Balaban J connectivity index is 1.64. The van der Waals surface area contributed by atoms with Crippen molar-refractivity contribution in [2.45, 2.75) is 31.2 Å². The topological polar surface area (TPSA) is 55.2 Å². The van der Waals surface area contributed by atoms with E-state index in [0.717, 1.165) is 16.8 Å². The van der Waals surface area contributed by atoms with Gasteiger partial charge in [0.2, 0.25) is 0 Å². The Labute approximate surface area is 161 Å². The Morgan fingerprint density at radius 3 is 2.62 bits per heavy atom. The molecule has 0 unspecified atom stereocenters. The van der Waals surface area contributed by atoms with Crippen molar-refractivity contribution in [3.05, 3.63) is 67.7 Å². The second-order valence-electron chi connectivity index (χ2n) is 7.75. The predicted octanol–water partition coefficient (Wildman–Crippen LogP) is 6.20. The third kappa shape index (κ3) is 2.35. The van der Waals surface area contributed by atoms with Gasteiger partial charge in [0.1, 0.15) is 0 Å². The van der Waals surface area contributed by atoms with E-state index in [1.165, 1.54) is 19.3 Å². The number of nitrogens with zero attached hydrogens (tertiary/aromatic N) is 1. The lowest BCUT2D eigenvalue weighted by molar-refractivity contribution is -0.384. The van der Waals surface area contributed by atoms with E-state index in [-0.39, 0.29) is 16.7 Å². The molecule has 1 aliphatic heterocycles. The van der Waals surface area contributed by atoms with Gasteiger partial charge in [0.15, 0.2) is 0 Å². The number of fused-ring (bicyclic) bond motifs is 7. The summed E-state index contributed by atoms with van der Waals surface area (Å²) in [5.74, 6) is 2.03. The zero-order valence-electron chi connectivity index (χ0n) is 14.0. The van der Waals surface area contributed by atoms with E-state index in [9.17, 15) is 10.1 Å². The number of nitro benzene ring substituents is 1. The first-order chi connectivity index (χ1) is 12.5. The molecule has 134 valence electrons. The van der Waals surface area contributed by atoms with Gasteiger partial charge in [-0.15, -0.1) is 0 Å². The van der Waals surface area contributed by atoms with E-state index in [1.807, 2.05) is 18.2 Å². The average Bonchev–Trinajstić information content (AvgIpc) is 3.23. The van der Waals surface area contributed by atoms with Gasteiger partial charge in [0.25, 0.3) is 5.69 Å². The molecular formula is C20H18Cl2N2O2. The largest absolute Gasteiger partial charge is 0.378 e. The highest BCUT2D eigenvalue weighted by atomic mass is 35.5. The van der Waals surface area contributed by atoms with E-state index >= 15 is 0 Å². The number of anilines is 1. The van der Waals surface area contributed by atoms with Crippen molar-refractivity contribution < 1.29 is 4.92 Å². The van der Waals surface area contributed by atoms with Gasteiger partial charge in [-0.2, -0.15) is 0 Å². The van der Waals surface area contributed by atoms with Crippen LogP contribution in [0.3, 0.4) is 0 Å². The molecule has 2 aromatic carbocycles. The predicted molar refractivity (Wildman–Crippen MR) is 103 cm³/mol. The van der Waals surface area contributed by atoms with Crippen molar-refractivity contribution in [2.24, 2.45) is 17.8 Å². The third-order valence-corrected chi connectivity index (χ3v) is 7.14. The number of benzene rings is 2. The Hall–Kier alpha value is -1.78. The van der Waals surface area contributed by atoms with Crippen LogP contribution in [0, 0.1) is 27.9 Å². The van der Waals surface area contributed by atoms with Crippen molar-refractivity contribution >= 4 is 34.6 Å². The summed E-state index contributed by atoms with van der Waals surface area (Å²) >= 11 is 12.6. The number of hydrogen-bond donors (Lipinski definition) is 1. The molecule has 0 aromatic heterocycles. The maximum absolute atomic E-state index is 11.3. The lowest BCUT2D eigenvalue weighted by Gasteiger charge is -2.43. The van der Waals surface area contributed by atoms with Crippen LogP contribution in [-0.2, 0) is 0 Å². The number of halogens is 2. The highest BCUT2D eigenvalue weighted by Crippen LogP contribution is 2.64. The molecule has 3 aliphatic rings. The number of non-ortho nitro benzene ring substituents is 1. The lowest BCUT2D eigenvalue weighted by Crippen LogP contribution is -2.35. The third-order valence-electron chi connectivity index (χ3n) is 6.58. The summed E-state index contributed by atoms with van der Waals surface area (Å²) in [4.78, 5) is 11.0. The van der Waals surface area contributed by atoms with Crippen LogP contribution in [0.5, 0.6) is 0 Å². The first-order valence-corrected chi connectivity index (χ1v) is 9.78. The van der Waals surface area contributed by atoms with Crippen LogP contribution >= 0.6 is 23.2 Å². The molecule has 0 saturated heterocycles. The lowest BCUT2D eigenvalue weighted by atomic mass is 9.68. The zero-order valence-corrected chi connectivity index (χ0v) is 15.5. The Morgan fingerprint density at radius 1 is 1.04 bits per heavy atom. The molecule has 2 bridgehead atoms. The molecule has 26 heavy (non-hydrogen) atoms. The SMILES string of the molecule is O=[N+]([O-])c1ccc2c(c1)[C@@H]1[C@H]3CC[C@@H](C3)[C@@H]1[C@H](c1ccc(Cl)cc1Cl)N2. The van der Waals surface area contributed by atoms with Crippen LogP contribution < -0.4 is 5.32 Å². The standard InChI is InChI=1S/C20H18Cl2N2O2/c21-12-3-5-14(16(22)8-12)20-19-11-2-1-10(7-11)18(19)15-9-13(24(25)26)4-6-17(15)23-20/h3-6,8-11,18-20,23H,1-2,7H2/t10-,11-,18-,19-,20-/m0/s1. The van der Waals surface area contributed by atoms with Gasteiger partial charge in [-0.3, -0.25) is 10.1 Å². The minimum Gasteiger partial charge on any atom is -0.378 e. The quantitative estimate of drug-likeness (QED) is 0.492. The summed E-state index contributed by atoms with van der Waals surface area (Å²) in [6, 6.07) is 11.0. The molecule has 6 heteroatoms. The van der Waals surface area contributed by atoms with Crippen molar-refractivity contribution in [1.82, 2.24) is 0 Å². The average molecular weight is 389 g/mol. The molecule has 0 spiro atoms. The summed E-state index contributed by atoms with van der Waals surface area (Å²) in [6.45, 7) is 0. The van der Waals surface area contributed by atoms with E-state index in [1.54, 1.807) is 18.2 Å². The first-order valence-electron chi connectivity index (χ1n) is 9.03. The molecule has 2 fully saturated rings. The summed E-state index contributed by atoms with van der Waals surface area (Å²) in [5.41, 5.74) is 3.36. The molecule has 1 N–H and O–H groups in total. The molecular weight excluding hydrogens is 371 g/mol. The Morgan fingerprint density at radius 2 is 1.85 bits per heavy atom. The van der Waals surface area contributed by atoms with Crippen molar-refractivity contribution in [3.63, 3.8) is 0 Å². The van der Waals surface area contributed by atoms with E-state index in [4.69, 9.17) is 23.2 Å². The summed E-state index contributed by atoms with van der Waals surface area (Å²) in [5, 5.41) is 16.2. The van der Waals surface area contributed by atoms with Crippen LogP contribution in [0.25, 0.3) is 0 Å². The maximum Gasteiger partial charge on any atom is 0.269 e. The van der Waals surface area contributed by atoms with Crippen LogP contribution in [0.4, 0.5) is 11.4 Å². The number of nitrogens with one attached hydrogen (secondary N) is 1. The van der Waals surface area contributed by atoms with Crippen molar-refractivity contribution in [2.75, 3.05) is 5.32 Å². The Bertz CT molecular complexity index is 917. The van der Waals surface area contributed by atoms with E-state index < -0.39 is 0 Å². The maximum atomic E-state index is 11.3. The molecule has 2 aromatic rings. The molecule has 1 heterocycles. The number of hydrogen-bond acceptors (Lipinski definition) is 3. The monoisotopic (exact) mass is 388 g/mol. The molecule has 4 nitrogen and oxygen atoms in total. The Kier molecular flexibility index (Phi) is 3.70. The van der Waals surface area contributed by atoms with Gasteiger partial charge >= 0.3 is 0 Å². The van der Waals surface area contributed by atoms with Gasteiger partial charge < -0.3 is 5.32 Å². The molecule has 0 radical (unpaired) electrons. The fraction of sp³-hybridized carbons (Fsp3) is 0.400.